The molecule has 3 amide bonds. The first kappa shape index (κ1) is 26.9. The SMILES string of the molecule is CC(C)CC(NC(=O)C(NC(=O)CNC(=O)C(N)Cc1ccc(O)cc1)C(C)C)C(=O)O. The summed E-state index contributed by atoms with van der Waals surface area (Å²) in [5.74, 6) is -3.02. The standard InChI is InChI=1S/C22H34N4O6/c1-12(2)9-17(22(31)32)25-21(30)19(13(3)4)26-18(28)11-24-20(29)16(23)10-14-5-7-15(27)8-6-14/h5-8,12-13,16-17,19,27H,9-11,23H2,1-4H3,(H,24,29)(H,25,30)(H,26,28)(H,31,32). The second-order valence-corrected chi connectivity index (χ2v) is 8.51. The number of carbonyl (C=O) groups is 4. The summed E-state index contributed by atoms with van der Waals surface area (Å²) in [6, 6.07) is 3.34. The van der Waals surface area contributed by atoms with Gasteiger partial charge in [0.1, 0.15) is 17.8 Å². The number of amides is 3. The number of phenolic OH excluding ortho intramolecular Hbond substituents is 1. The first-order valence-corrected chi connectivity index (χ1v) is 10.5. The highest BCUT2D eigenvalue weighted by atomic mass is 16.4. The monoisotopic (exact) mass is 450 g/mol. The average Bonchev–Trinajstić information content (AvgIpc) is 2.70. The van der Waals surface area contributed by atoms with E-state index in [2.05, 4.69) is 16.0 Å². The van der Waals surface area contributed by atoms with Gasteiger partial charge in [-0.1, -0.05) is 39.8 Å². The molecule has 0 aliphatic heterocycles. The Morgan fingerprint density at radius 2 is 1.56 bits per heavy atom. The molecule has 0 spiro atoms. The smallest absolute Gasteiger partial charge is 0.326 e. The third-order valence-corrected chi connectivity index (χ3v) is 4.74. The van der Waals surface area contributed by atoms with Gasteiger partial charge in [0, 0.05) is 0 Å². The minimum Gasteiger partial charge on any atom is -0.508 e. The molecule has 1 aromatic rings. The van der Waals surface area contributed by atoms with E-state index in [0.717, 1.165) is 5.56 Å². The number of aromatic hydroxyl groups is 1. The molecule has 0 bridgehead atoms. The van der Waals surface area contributed by atoms with E-state index in [1.807, 2.05) is 13.8 Å². The van der Waals surface area contributed by atoms with E-state index < -0.39 is 41.8 Å². The van der Waals surface area contributed by atoms with Gasteiger partial charge in [-0.05, 0) is 42.4 Å². The van der Waals surface area contributed by atoms with E-state index in [1.165, 1.54) is 12.1 Å². The van der Waals surface area contributed by atoms with Gasteiger partial charge in [0.25, 0.3) is 0 Å². The molecule has 1 aromatic carbocycles. The molecule has 178 valence electrons. The van der Waals surface area contributed by atoms with Crippen molar-refractivity contribution in [3.63, 3.8) is 0 Å². The Hall–Kier alpha value is -3.14. The summed E-state index contributed by atoms with van der Waals surface area (Å²) in [5, 5.41) is 26.1. The van der Waals surface area contributed by atoms with Crippen LogP contribution in [0.1, 0.15) is 39.7 Å². The number of benzene rings is 1. The van der Waals surface area contributed by atoms with Crippen LogP contribution in [-0.4, -0.2) is 58.6 Å². The highest BCUT2D eigenvalue weighted by Crippen LogP contribution is 2.11. The predicted molar refractivity (Wildman–Crippen MR) is 119 cm³/mol. The fraction of sp³-hybridized carbons (Fsp3) is 0.545. The van der Waals surface area contributed by atoms with Crippen molar-refractivity contribution in [3.8, 4) is 5.75 Å². The van der Waals surface area contributed by atoms with Crippen LogP contribution in [0.25, 0.3) is 0 Å². The maximum atomic E-state index is 12.6. The molecule has 0 radical (unpaired) electrons. The van der Waals surface area contributed by atoms with Crippen molar-refractivity contribution >= 4 is 23.7 Å². The summed E-state index contributed by atoms with van der Waals surface area (Å²) >= 11 is 0. The van der Waals surface area contributed by atoms with E-state index in [-0.39, 0.29) is 37.0 Å². The van der Waals surface area contributed by atoms with Crippen molar-refractivity contribution in [1.29, 1.82) is 0 Å². The van der Waals surface area contributed by atoms with Gasteiger partial charge in [0.05, 0.1) is 12.6 Å². The molecule has 10 heteroatoms. The van der Waals surface area contributed by atoms with Crippen LogP contribution in [0, 0.1) is 11.8 Å². The number of rotatable bonds is 12. The predicted octanol–water partition coefficient (Wildman–Crippen LogP) is 0.135. The number of carbonyl (C=O) groups excluding carboxylic acids is 3. The number of nitrogens with one attached hydrogen (secondary N) is 3. The van der Waals surface area contributed by atoms with E-state index in [4.69, 9.17) is 5.73 Å². The van der Waals surface area contributed by atoms with Crippen molar-refractivity contribution in [2.75, 3.05) is 6.54 Å². The molecular weight excluding hydrogens is 416 g/mol. The lowest BCUT2D eigenvalue weighted by Gasteiger charge is -2.25. The van der Waals surface area contributed by atoms with Gasteiger partial charge in [-0.25, -0.2) is 4.79 Å². The summed E-state index contributed by atoms with van der Waals surface area (Å²) < 4.78 is 0. The maximum Gasteiger partial charge on any atom is 0.326 e. The lowest BCUT2D eigenvalue weighted by molar-refractivity contribution is -0.143. The Bertz CT molecular complexity index is 794. The number of carboxylic acid groups (broad SMARTS) is 1. The Kier molecular flexibility index (Phi) is 10.6. The third kappa shape index (κ3) is 9.34. The summed E-state index contributed by atoms with van der Waals surface area (Å²) in [6.07, 6.45) is 0.478. The lowest BCUT2D eigenvalue weighted by Crippen LogP contribution is -2.55. The first-order chi connectivity index (χ1) is 14.9. The van der Waals surface area contributed by atoms with Gasteiger partial charge in [0.2, 0.25) is 17.7 Å². The fourth-order valence-corrected chi connectivity index (χ4v) is 2.99. The van der Waals surface area contributed by atoms with Gasteiger partial charge in [-0.3, -0.25) is 14.4 Å². The summed E-state index contributed by atoms with van der Waals surface area (Å²) in [5.41, 5.74) is 6.62. The molecule has 0 heterocycles. The summed E-state index contributed by atoms with van der Waals surface area (Å²) in [6.45, 7) is 6.74. The normalized spacial score (nSPS) is 13.8. The molecule has 3 unspecified atom stereocenters. The fourth-order valence-electron chi connectivity index (χ4n) is 2.99. The van der Waals surface area contributed by atoms with Crippen LogP contribution in [0.15, 0.2) is 24.3 Å². The van der Waals surface area contributed by atoms with Crippen molar-refractivity contribution in [1.82, 2.24) is 16.0 Å². The van der Waals surface area contributed by atoms with Crippen LogP contribution in [0.5, 0.6) is 5.75 Å². The second-order valence-electron chi connectivity index (χ2n) is 8.51. The average molecular weight is 451 g/mol. The van der Waals surface area contributed by atoms with Crippen LogP contribution in [-0.2, 0) is 25.6 Å². The summed E-state index contributed by atoms with van der Waals surface area (Å²) in [4.78, 5) is 48.5. The number of nitrogens with two attached hydrogens (primary N) is 1. The quantitative estimate of drug-likeness (QED) is 0.263. The van der Waals surface area contributed by atoms with Gasteiger partial charge in [0.15, 0.2) is 0 Å². The van der Waals surface area contributed by atoms with Crippen LogP contribution < -0.4 is 21.7 Å². The van der Waals surface area contributed by atoms with Crippen LogP contribution in [0.3, 0.4) is 0 Å². The molecule has 1 rings (SSSR count). The topological polar surface area (TPSA) is 171 Å². The van der Waals surface area contributed by atoms with E-state index in [0.29, 0.717) is 0 Å². The molecule has 32 heavy (non-hydrogen) atoms. The van der Waals surface area contributed by atoms with Gasteiger partial charge in [-0.15, -0.1) is 0 Å². The van der Waals surface area contributed by atoms with Crippen LogP contribution >= 0.6 is 0 Å². The zero-order valence-corrected chi connectivity index (χ0v) is 18.9. The van der Waals surface area contributed by atoms with E-state index in [9.17, 15) is 29.4 Å². The van der Waals surface area contributed by atoms with Crippen LogP contribution in [0.2, 0.25) is 0 Å². The Morgan fingerprint density at radius 3 is 2.06 bits per heavy atom. The number of carboxylic acids is 1. The molecular formula is C22H34N4O6. The molecule has 10 nitrogen and oxygen atoms in total. The molecule has 0 saturated carbocycles. The van der Waals surface area contributed by atoms with Gasteiger partial charge in [-0.2, -0.15) is 0 Å². The van der Waals surface area contributed by atoms with Crippen molar-refractivity contribution in [2.24, 2.45) is 17.6 Å². The number of hydrogen-bond donors (Lipinski definition) is 6. The lowest BCUT2D eigenvalue weighted by atomic mass is 10.0. The molecule has 7 N–H and O–H groups in total. The van der Waals surface area contributed by atoms with Gasteiger partial charge >= 0.3 is 5.97 Å². The van der Waals surface area contributed by atoms with Crippen LogP contribution in [0.4, 0.5) is 0 Å². The Morgan fingerprint density at radius 1 is 0.969 bits per heavy atom. The molecule has 0 aliphatic rings. The molecule has 0 fully saturated rings. The van der Waals surface area contributed by atoms with Crippen molar-refractivity contribution in [3.05, 3.63) is 29.8 Å². The molecule has 3 atom stereocenters. The first-order valence-electron chi connectivity index (χ1n) is 10.5. The third-order valence-electron chi connectivity index (χ3n) is 4.74. The highest BCUT2D eigenvalue weighted by molar-refractivity contribution is 5.92. The van der Waals surface area contributed by atoms with E-state index in [1.54, 1.807) is 26.0 Å². The maximum absolute atomic E-state index is 12.6. The minimum atomic E-state index is -1.14. The second kappa shape index (κ2) is 12.7. The van der Waals surface area contributed by atoms with Crippen molar-refractivity contribution in [2.45, 2.75) is 58.7 Å². The van der Waals surface area contributed by atoms with Crippen molar-refractivity contribution < 1.29 is 29.4 Å². The molecule has 0 aliphatic carbocycles. The number of phenols is 1. The van der Waals surface area contributed by atoms with E-state index >= 15 is 0 Å². The molecule has 0 aromatic heterocycles. The minimum absolute atomic E-state index is 0.0597. The zero-order valence-electron chi connectivity index (χ0n) is 18.9. The highest BCUT2D eigenvalue weighted by Gasteiger charge is 2.29. The number of hydrogen-bond acceptors (Lipinski definition) is 6. The Labute approximate surface area is 187 Å². The molecule has 0 saturated heterocycles. The Balaban J connectivity index is 2.60. The zero-order chi connectivity index (χ0) is 24.4. The number of aliphatic carboxylic acids is 1. The summed E-state index contributed by atoms with van der Waals surface area (Å²) in [7, 11) is 0. The largest absolute Gasteiger partial charge is 0.508 e. The van der Waals surface area contributed by atoms with Gasteiger partial charge < -0.3 is 31.9 Å².